The van der Waals surface area contributed by atoms with E-state index in [2.05, 4.69) is 19.9 Å². The lowest BCUT2D eigenvalue weighted by atomic mass is 9.46. The molecule has 134 valence electrons. The fraction of sp³-hybridized carbons (Fsp3) is 0.571. The van der Waals surface area contributed by atoms with Crippen molar-refractivity contribution in [3.05, 3.63) is 35.1 Å². The Morgan fingerprint density at radius 1 is 1.28 bits per heavy atom. The van der Waals surface area contributed by atoms with E-state index in [0.717, 1.165) is 35.8 Å². The topological polar surface area (TPSA) is 59.7 Å². The van der Waals surface area contributed by atoms with Crippen molar-refractivity contribution in [3.63, 3.8) is 0 Å². The zero-order valence-electron chi connectivity index (χ0n) is 15.4. The molecule has 3 atom stereocenters. The highest BCUT2D eigenvalue weighted by Crippen LogP contribution is 2.60. The van der Waals surface area contributed by atoms with Gasteiger partial charge in [0, 0.05) is 10.8 Å². The Morgan fingerprint density at radius 2 is 2.04 bits per heavy atom. The van der Waals surface area contributed by atoms with E-state index < -0.39 is 16.4 Å². The molecular weight excluding hydrogens is 316 g/mol. The summed E-state index contributed by atoms with van der Waals surface area (Å²) in [6, 6.07) is 4.10. The standard InChI is InChI=1S/C21H26O4/c1-13-14-6-10-21(23)19(2,8-5-9-20(21,3)18(22)24-4)16(14)12-17-15(13)7-11-25-17/h7,11-12,23H,5-6,8-10H2,1-4H3/t19-,20-,21+/m1/s1. The second-order valence-corrected chi connectivity index (χ2v) is 8.23. The molecule has 1 saturated carbocycles. The number of aliphatic hydroxyl groups is 1. The molecule has 0 spiro atoms. The Hall–Kier alpha value is -1.81. The van der Waals surface area contributed by atoms with Crippen LogP contribution in [0.15, 0.2) is 22.8 Å². The molecule has 1 aromatic carbocycles. The van der Waals surface area contributed by atoms with Crippen molar-refractivity contribution in [2.24, 2.45) is 5.41 Å². The molecule has 0 amide bonds. The van der Waals surface area contributed by atoms with Gasteiger partial charge in [0.15, 0.2) is 0 Å². The van der Waals surface area contributed by atoms with Gasteiger partial charge < -0.3 is 14.3 Å². The van der Waals surface area contributed by atoms with Gasteiger partial charge in [-0.05, 0) is 68.4 Å². The number of hydrogen-bond donors (Lipinski definition) is 1. The second kappa shape index (κ2) is 5.10. The quantitative estimate of drug-likeness (QED) is 0.795. The van der Waals surface area contributed by atoms with Crippen molar-refractivity contribution < 1.29 is 19.1 Å². The molecule has 4 nitrogen and oxygen atoms in total. The molecule has 2 aliphatic rings. The second-order valence-electron chi connectivity index (χ2n) is 8.23. The predicted molar refractivity (Wildman–Crippen MR) is 95.5 cm³/mol. The molecule has 1 fully saturated rings. The van der Waals surface area contributed by atoms with Gasteiger partial charge in [0.1, 0.15) is 5.58 Å². The fourth-order valence-electron chi connectivity index (χ4n) is 5.67. The number of hydrogen-bond acceptors (Lipinski definition) is 4. The van der Waals surface area contributed by atoms with Gasteiger partial charge >= 0.3 is 5.97 Å². The highest BCUT2D eigenvalue weighted by Gasteiger charge is 2.66. The zero-order chi connectivity index (χ0) is 18.0. The maximum atomic E-state index is 12.6. The van der Waals surface area contributed by atoms with E-state index in [9.17, 15) is 9.90 Å². The average molecular weight is 342 g/mol. The normalized spacial score (nSPS) is 34.4. The molecule has 4 rings (SSSR count). The zero-order valence-corrected chi connectivity index (χ0v) is 15.4. The molecule has 0 saturated heterocycles. The Morgan fingerprint density at radius 3 is 2.76 bits per heavy atom. The Kier molecular flexibility index (Phi) is 3.40. The van der Waals surface area contributed by atoms with Crippen LogP contribution in [-0.2, 0) is 21.4 Å². The van der Waals surface area contributed by atoms with Gasteiger partial charge in [0.05, 0.1) is 24.4 Å². The van der Waals surface area contributed by atoms with Crippen molar-refractivity contribution in [3.8, 4) is 0 Å². The minimum absolute atomic E-state index is 0.305. The molecule has 0 aliphatic heterocycles. The van der Waals surface area contributed by atoms with Crippen LogP contribution in [0.1, 0.15) is 56.2 Å². The van der Waals surface area contributed by atoms with Crippen LogP contribution in [0.5, 0.6) is 0 Å². The molecule has 2 aromatic rings. The van der Waals surface area contributed by atoms with Crippen LogP contribution >= 0.6 is 0 Å². The van der Waals surface area contributed by atoms with E-state index in [4.69, 9.17) is 9.15 Å². The summed E-state index contributed by atoms with van der Waals surface area (Å²) in [7, 11) is 1.41. The summed E-state index contributed by atoms with van der Waals surface area (Å²) in [4.78, 5) is 12.6. The minimum Gasteiger partial charge on any atom is -0.469 e. The summed E-state index contributed by atoms with van der Waals surface area (Å²) in [5.74, 6) is -0.305. The molecule has 2 aliphatic carbocycles. The van der Waals surface area contributed by atoms with Gasteiger partial charge in [-0.1, -0.05) is 13.3 Å². The summed E-state index contributed by atoms with van der Waals surface area (Å²) in [6.45, 7) is 6.12. The van der Waals surface area contributed by atoms with E-state index in [1.54, 1.807) is 6.26 Å². The van der Waals surface area contributed by atoms with Gasteiger partial charge in [-0.15, -0.1) is 0 Å². The first-order valence-electron chi connectivity index (χ1n) is 9.09. The third kappa shape index (κ3) is 1.84. The monoisotopic (exact) mass is 342 g/mol. The molecule has 4 heteroatoms. The first-order valence-corrected chi connectivity index (χ1v) is 9.09. The highest BCUT2D eigenvalue weighted by atomic mass is 16.5. The number of methoxy groups -OCH3 is 1. The van der Waals surface area contributed by atoms with E-state index in [0.29, 0.717) is 12.8 Å². The van der Waals surface area contributed by atoms with Gasteiger partial charge in [-0.25, -0.2) is 0 Å². The Bertz CT molecular complexity index is 866. The van der Waals surface area contributed by atoms with Crippen LogP contribution in [-0.4, -0.2) is 23.8 Å². The van der Waals surface area contributed by atoms with Crippen LogP contribution in [0.4, 0.5) is 0 Å². The summed E-state index contributed by atoms with van der Waals surface area (Å²) in [5.41, 5.74) is 2.02. The van der Waals surface area contributed by atoms with E-state index in [1.807, 2.05) is 13.0 Å². The Balaban J connectivity index is 1.97. The first kappa shape index (κ1) is 16.6. The average Bonchev–Trinajstić information content (AvgIpc) is 3.06. The number of carbonyl (C=O) groups excluding carboxylic acids is 1. The maximum Gasteiger partial charge on any atom is 0.314 e. The van der Waals surface area contributed by atoms with Gasteiger partial charge in [-0.2, -0.15) is 0 Å². The summed E-state index contributed by atoms with van der Waals surface area (Å²) in [6.07, 6.45) is 5.46. The van der Waals surface area contributed by atoms with Crippen molar-refractivity contribution >= 4 is 16.9 Å². The number of ether oxygens (including phenoxy) is 1. The summed E-state index contributed by atoms with van der Waals surface area (Å²) < 4.78 is 10.8. The molecule has 0 unspecified atom stereocenters. The van der Waals surface area contributed by atoms with Crippen LogP contribution in [0.2, 0.25) is 0 Å². The molecule has 0 radical (unpaired) electrons. The molecule has 1 aromatic heterocycles. The van der Waals surface area contributed by atoms with Gasteiger partial charge in [0.2, 0.25) is 0 Å². The van der Waals surface area contributed by atoms with Gasteiger partial charge in [0.25, 0.3) is 0 Å². The number of esters is 1. The van der Waals surface area contributed by atoms with Crippen LogP contribution in [0.25, 0.3) is 11.0 Å². The summed E-state index contributed by atoms with van der Waals surface area (Å²) >= 11 is 0. The van der Waals surface area contributed by atoms with E-state index >= 15 is 0 Å². The number of rotatable bonds is 1. The number of furan rings is 1. The Labute approximate surface area is 148 Å². The van der Waals surface area contributed by atoms with E-state index in [-0.39, 0.29) is 5.97 Å². The smallest absolute Gasteiger partial charge is 0.314 e. The van der Waals surface area contributed by atoms with Crippen molar-refractivity contribution in [1.29, 1.82) is 0 Å². The number of aryl methyl sites for hydroxylation is 1. The van der Waals surface area contributed by atoms with Crippen molar-refractivity contribution in [2.45, 2.75) is 63.9 Å². The maximum absolute atomic E-state index is 12.6. The third-order valence-electron chi connectivity index (χ3n) is 7.30. The largest absolute Gasteiger partial charge is 0.469 e. The highest BCUT2D eigenvalue weighted by molar-refractivity contribution is 5.85. The van der Waals surface area contributed by atoms with Crippen molar-refractivity contribution in [2.75, 3.05) is 7.11 Å². The molecule has 0 bridgehead atoms. The lowest BCUT2D eigenvalue weighted by molar-refractivity contribution is -0.198. The molecule has 1 heterocycles. The molecule has 1 N–H and O–H groups in total. The van der Waals surface area contributed by atoms with Crippen LogP contribution in [0.3, 0.4) is 0 Å². The van der Waals surface area contributed by atoms with Crippen LogP contribution in [0, 0.1) is 12.3 Å². The number of fused-ring (bicyclic) bond motifs is 4. The first-order chi connectivity index (χ1) is 11.8. The molecular formula is C21H26O4. The fourth-order valence-corrected chi connectivity index (χ4v) is 5.67. The third-order valence-corrected chi connectivity index (χ3v) is 7.30. The number of carbonyl (C=O) groups is 1. The van der Waals surface area contributed by atoms with Gasteiger partial charge in [-0.3, -0.25) is 4.79 Å². The lowest BCUT2D eigenvalue weighted by Crippen LogP contribution is -2.67. The summed E-state index contributed by atoms with van der Waals surface area (Å²) in [5, 5.41) is 13.0. The number of benzene rings is 1. The minimum atomic E-state index is -1.12. The predicted octanol–water partition coefficient (Wildman–Crippen LogP) is 4.04. The van der Waals surface area contributed by atoms with Crippen LogP contribution < -0.4 is 0 Å². The van der Waals surface area contributed by atoms with E-state index in [1.165, 1.54) is 18.2 Å². The molecule has 25 heavy (non-hydrogen) atoms. The van der Waals surface area contributed by atoms with Crippen molar-refractivity contribution in [1.82, 2.24) is 0 Å². The SMILES string of the molecule is COC(=O)[C@@]1(C)CCC[C@]2(C)c3cc4occc4c(C)c3CC[C@@]12O. The lowest BCUT2D eigenvalue weighted by Gasteiger charge is -2.60.